The minimum absolute atomic E-state index is 0.0997. The first-order chi connectivity index (χ1) is 4.34. The normalized spacial score (nSPS) is 12.7. The molecular formula is C6H13BrINO. The standard InChI is InChI=1S/C6H13BrINO/c1-6(2,7)5(10)9-8(3)4/h1-4H3,(H,9,10). The number of carbonyl (C=O) groups excluding carboxylic acids is 1. The Bertz CT molecular complexity index is 130. The summed E-state index contributed by atoms with van der Waals surface area (Å²) >= 11 is 2.18. The second-order valence-corrected chi connectivity index (χ2v) is 9.49. The van der Waals surface area contributed by atoms with E-state index in [1.54, 1.807) is 0 Å². The van der Waals surface area contributed by atoms with Crippen molar-refractivity contribution in [3.05, 3.63) is 0 Å². The van der Waals surface area contributed by atoms with Gasteiger partial charge in [0.15, 0.2) is 0 Å². The van der Waals surface area contributed by atoms with Crippen LogP contribution in [0, 0.1) is 0 Å². The number of hydrogen-bond donors (Lipinski definition) is 1. The molecule has 0 unspecified atom stereocenters. The molecule has 0 aliphatic carbocycles. The molecule has 0 saturated heterocycles. The third-order valence-electron chi connectivity index (χ3n) is 0.815. The summed E-state index contributed by atoms with van der Waals surface area (Å²) in [5.41, 5.74) is 0. The van der Waals surface area contributed by atoms with Crippen molar-refractivity contribution < 1.29 is 4.79 Å². The van der Waals surface area contributed by atoms with E-state index < -0.39 is 24.4 Å². The molecule has 1 amide bonds. The minimum atomic E-state index is -1.11. The molecule has 0 radical (unpaired) electrons. The van der Waals surface area contributed by atoms with E-state index in [4.69, 9.17) is 0 Å². The molecule has 0 bridgehead atoms. The predicted octanol–water partition coefficient (Wildman–Crippen LogP) is 1.96. The Labute approximate surface area is 78.0 Å². The number of halogens is 2. The van der Waals surface area contributed by atoms with Gasteiger partial charge in [0, 0.05) is 0 Å². The summed E-state index contributed by atoms with van der Waals surface area (Å²) in [6.45, 7) is 3.70. The number of alkyl halides is 3. The monoisotopic (exact) mass is 321 g/mol. The van der Waals surface area contributed by atoms with Gasteiger partial charge >= 0.3 is 78.3 Å². The van der Waals surface area contributed by atoms with Crippen molar-refractivity contribution in [3.63, 3.8) is 0 Å². The van der Waals surface area contributed by atoms with Gasteiger partial charge in [0.1, 0.15) is 0 Å². The Hall–Kier alpha value is 0.680. The second kappa shape index (κ2) is 3.90. The fraction of sp³-hybridized carbons (Fsp3) is 0.833. The van der Waals surface area contributed by atoms with Crippen LogP contribution in [0.15, 0.2) is 0 Å². The van der Waals surface area contributed by atoms with E-state index in [2.05, 4.69) is 29.3 Å². The van der Waals surface area contributed by atoms with E-state index >= 15 is 0 Å². The molecule has 2 nitrogen and oxygen atoms in total. The van der Waals surface area contributed by atoms with Gasteiger partial charge in [-0.05, 0) is 0 Å². The van der Waals surface area contributed by atoms with E-state index in [1.165, 1.54) is 0 Å². The van der Waals surface area contributed by atoms with Crippen molar-refractivity contribution in [2.75, 3.05) is 9.86 Å². The second-order valence-electron chi connectivity index (χ2n) is 2.65. The summed E-state index contributed by atoms with van der Waals surface area (Å²) in [6, 6.07) is 0. The maximum absolute atomic E-state index is 11.2. The number of carbonyl (C=O) groups is 1. The van der Waals surface area contributed by atoms with Crippen LogP contribution in [0.25, 0.3) is 0 Å². The van der Waals surface area contributed by atoms with E-state index in [0.29, 0.717) is 0 Å². The first kappa shape index (κ1) is 10.7. The zero-order valence-corrected chi connectivity index (χ0v) is 10.4. The van der Waals surface area contributed by atoms with Crippen LogP contribution in [0.2, 0.25) is 0 Å². The molecule has 0 heterocycles. The molecular weight excluding hydrogens is 309 g/mol. The molecule has 0 spiro atoms. The summed E-state index contributed by atoms with van der Waals surface area (Å²) in [5, 5.41) is 0. The third-order valence-corrected chi connectivity index (χ3v) is 2.74. The molecule has 0 rings (SSSR count). The Morgan fingerprint density at radius 3 is 2.00 bits per heavy atom. The summed E-state index contributed by atoms with van der Waals surface area (Å²) in [7, 11) is 0. The molecule has 0 aliphatic rings. The van der Waals surface area contributed by atoms with E-state index in [1.807, 2.05) is 13.8 Å². The van der Waals surface area contributed by atoms with E-state index in [-0.39, 0.29) is 5.91 Å². The van der Waals surface area contributed by atoms with Gasteiger partial charge in [-0.2, -0.15) is 0 Å². The fourth-order valence-electron chi connectivity index (χ4n) is 0.284. The van der Waals surface area contributed by atoms with Gasteiger partial charge in [0.25, 0.3) is 0 Å². The molecule has 0 aliphatic heterocycles. The number of rotatable bonds is 2. The average Bonchev–Trinajstić information content (AvgIpc) is 1.60. The molecule has 0 aromatic rings. The average molecular weight is 322 g/mol. The Morgan fingerprint density at radius 1 is 1.50 bits per heavy atom. The molecule has 0 aromatic heterocycles. The number of nitrogens with one attached hydrogen (secondary N) is 1. The molecule has 0 atom stereocenters. The van der Waals surface area contributed by atoms with Gasteiger partial charge in [-0.1, -0.05) is 0 Å². The topological polar surface area (TPSA) is 29.1 Å². The van der Waals surface area contributed by atoms with Crippen molar-refractivity contribution in [1.29, 1.82) is 0 Å². The van der Waals surface area contributed by atoms with Crippen molar-refractivity contribution in [2.24, 2.45) is 0 Å². The van der Waals surface area contributed by atoms with Gasteiger partial charge < -0.3 is 0 Å². The fourth-order valence-corrected chi connectivity index (χ4v) is 2.41. The first-order valence-electron chi connectivity index (χ1n) is 2.84. The molecule has 4 heteroatoms. The van der Waals surface area contributed by atoms with Crippen LogP contribution < -0.4 is 3.53 Å². The van der Waals surface area contributed by atoms with Crippen LogP contribution in [0.5, 0.6) is 0 Å². The summed E-state index contributed by atoms with van der Waals surface area (Å²) in [6.07, 6.45) is 0. The van der Waals surface area contributed by atoms with Gasteiger partial charge in [0.2, 0.25) is 0 Å². The van der Waals surface area contributed by atoms with E-state index in [9.17, 15) is 4.79 Å². The molecule has 10 heavy (non-hydrogen) atoms. The molecule has 62 valence electrons. The number of hydrogen-bond acceptors (Lipinski definition) is 1. The first-order valence-corrected chi connectivity index (χ1v) is 9.02. The van der Waals surface area contributed by atoms with Crippen LogP contribution in [0.3, 0.4) is 0 Å². The Morgan fingerprint density at radius 2 is 1.90 bits per heavy atom. The van der Waals surface area contributed by atoms with Gasteiger partial charge in [0.05, 0.1) is 0 Å². The maximum atomic E-state index is 11.2. The zero-order chi connectivity index (χ0) is 8.36. The Balaban J connectivity index is 3.87. The third kappa shape index (κ3) is 4.49. The van der Waals surface area contributed by atoms with Crippen LogP contribution in [0.1, 0.15) is 13.8 Å². The quantitative estimate of drug-likeness (QED) is 0.470. The predicted molar refractivity (Wildman–Crippen MR) is 57.0 cm³/mol. The Kier molecular flexibility index (Phi) is 4.16. The van der Waals surface area contributed by atoms with Crippen molar-refractivity contribution in [3.8, 4) is 0 Å². The van der Waals surface area contributed by atoms with Gasteiger partial charge in [-0.15, -0.1) is 0 Å². The van der Waals surface area contributed by atoms with Gasteiger partial charge in [-0.25, -0.2) is 0 Å². The molecule has 0 aromatic carbocycles. The summed E-state index contributed by atoms with van der Waals surface area (Å²) in [4.78, 5) is 15.4. The number of amides is 1. The van der Waals surface area contributed by atoms with Gasteiger partial charge in [-0.3, -0.25) is 0 Å². The summed E-state index contributed by atoms with van der Waals surface area (Å²) < 4.78 is 2.55. The summed E-state index contributed by atoms with van der Waals surface area (Å²) in [5.74, 6) is 0.0997. The molecule has 0 fully saturated rings. The van der Waals surface area contributed by atoms with Crippen molar-refractivity contribution >= 4 is 41.9 Å². The van der Waals surface area contributed by atoms with Crippen molar-refractivity contribution in [2.45, 2.75) is 18.2 Å². The zero-order valence-electron chi connectivity index (χ0n) is 6.66. The molecule has 1 N–H and O–H groups in total. The van der Waals surface area contributed by atoms with Crippen LogP contribution in [0.4, 0.5) is 0 Å². The SMILES string of the molecule is CI(C)NC(=O)C(C)(C)Br. The van der Waals surface area contributed by atoms with Crippen LogP contribution >= 0.6 is 36.0 Å². The van der Waals surface area contributed by atoms with Crippen LogP contribution in [-0.2, 0) is 4.79 Å². The van der Waals surface area contributed by atoms with Crippen molar-refractivity contribution in [1.82, 2.24) is 3.53 Å². The molecule has 0 saturated carbocycles. The van der Waals surface area contributed by atoms with Crippen LogP contribution in [-0.4, -0.2) is 20.1 Å². The van der Waals surface area contributed by atoms with E-state index in [0.717, 1.165) is 0 Å².